The van der Waals surface area contributed by atoms with Gasteiger partial charge < -0.3 is 14.7 Å². The van der Waals surface area contributed by atoms with Gasteiger partial charge in [-0.2, -0.15) is 0 Å². The molecule has 0 saturated carbocycles. The third-order valence-electron chi connectivity index (χ3n) is 3.56. The fourth-order valence-corrected chi connectivity index (χ4v) is 2.28. The molecule has 104 valence electrons. The zero-order chi connectivity index (χ0) is 13.8. The Labute approximate surface area is 113 Å². The van der Waals surface area contributed by atoms with Gasteiger partial charge in [0, 0.05) is 19.8 Å². The molecule has 4 nitrogen and oxygen atoms in total. The van der Waals surface area contributed by atoms with Crippen molar-refractivity contribution < 1.29 is 14.1 Å². The minimum Gasteiger partial charge on any atom is -0.360 e. The van der Waals surface area contributed by atoms with Crippen LogP contribution in [0.3, 0.4) is 0 Å². The lowest BCUT2D eigenvalue weighted by Crippen LogP contribution is -3.15. The molecule has 1 aliphatic heterocycles. The van der Waals surface area contributed by atoms with E-state index >= 15 is 0 Å². The smallest absolute Gasteiger partial charge is 0.277 e. The first-order valence-corrected chi connectivity index (χ1v) is 6.60. The molecule has 0 radical (unpaired) electrons. The number of benzene rings is 1. The fourth-order valence-electron chi connectivity index (χ4n) is 2.28. The molecule has 0 atom stereocenters. The Kier molecular flexibility index (Phi) is 4.37. The van der Waals surface area contributed by atoms with Crippen LogP contribution in [0.1, 0.15) is 0 Å². The Morgan fingerprint density at radius 3 is 2.37 bits per heavy atom. The van der Waals surface area contributed by atoms with Crippen molar-refractivity contribution in [2.75, 3.05) is 51.7 Å². The Morgan fingerprint density at radius 1 is 1.26 bits per heavy atom. The highest BCUT2D eigenvalue weighted by atomic mass is 19.1. The molecule has 2 rings (SSSR count). The maximum absolute atomic E-state index is 12.9. The largest absolute Gasteiger partial charge is 0.360 e. The fraction of sp³-hybridized carbons (Fsp3) is 0.500. The van der Waals surface area contributed by atoms with Crippen molar-refractivity contribution in [3.63, 3.8) is 0 Å². The monoisotopic (exact) mass is 266 g/mol. The average Bonchev–Trinajstić information content (AvgIpc) is 2.40. The van der Waals surface area contributed by atoms with E-state index in [1.54, 1.807) is 19.0 Å². The van der Waals surface area contributed by atoms with E-state index in [9.17, 15) is 9.18 Å². The topological polar surface area (TPSA) is 28.0 Å². The van der Waals surface area contributed by atoms with Crippen molar-refractivity contribution in [3.8, 4) is 0 Å². The average molecular weight is 266 g/mol. The quantitative estimate of drug-likeness (QED) is 0.808. The highest BCUT2D eigenvalue weighted by Crippen LogP contribution is 2.14. The second-order valence-electron chi connectivity index (χ2n) is 5.18. The minimum atomic E-state index is -0.204. The summed E-state index contributed by atoms with van der Waals surface area (Å²) in [5.74, 6) is -0.0326. The zero-order valence-electron chi connectivity index (χ0n) is 11.5. The van der Waals surface area contributed by atoms with Crippen LogP contribution in [0, 0.1) is 5.82 Å². The van der Waals surface area contributed by atoms with Gasteiger partial charge in [0.15, 0.2) is 6.54 Å². The molecule has 1 fully saturated rings. The van der Waals surface area contributed by atoms with E-state index in [1.165, 1.54) is 17.0 Å². The summed E-state index contributed by atoms with van der Waals surface area (Å²) in [7, 11) is 3.58. The van der Waals surface area contributed by atoms with Gasteiger partial charge in [-0.05, 0) is 24.3 Å². The van der Waals surface area contributed by atoms with E-state index in [1.807, 2.05) is 12.1 Å². The van der Waals surface area contributed by atoms with E-state index < -0.39 is 0 Å². The molecular weight excluding hydrogens is 245 g/mol. The van der Waals surface area contributed by atoms with Gasteiger partial charge >= 0.3 is 0 Å². The molecule has 0 unspecified atom stereocenters. The summed E-state index contributed by atoms with van der Waals surface area (Å²) in [4.78, 5) is 16.8. The molecule has 1 heterocycles. The number of likely N-dealkylation sites (N-methyl/N-ethyl adjacent to an activating group) is 1. The molecule has 1 N–H and O–H groups in total. The first kappa shape index (κ1) is 13.8. The number of hydrogen-bond donors (Lipinski definition) is 1. The third-order valence-corrected chi connectivity index (χ3v) is 3.56. The number of piperazine rings is 1. The number of carbonyl (C=O) groups excluding carboxylic acids is 1. The first-order valence-electron chi connectivity index (χ1n) is 6.60. The van der Waals surface area contributed by atoms with E-state index in [0.717, 1.165) is 31.9 Å². The normalized spacial score (nSPS) is 16.5. The van der Waals surface area contributed by atoms with Crippen LogP contribution < -0.4 is 9.80 Å². The van der Waals surface area contributed by atoms with Crippen molar-refractivity contribution in [2.45, 2.75) is 0 Å². The standard InChI is InChI=1S/C14H20FN3O/c1-16(2)14(19)11-17-7-9-18(10-8-17)13-5-3-12(15)4-6-13/h3-6H,7-11H2,1-2H3/p+1. The van der Waals surface area contributed by atoms with Gasteiger partial charge in [-0.1, -0.05) is 0 Å². The van der Waals surface area contributed by atoms with Crippen LogP contribution in [0.15, 0.2) is 24.3 Å². The lowest BCUT2D eigenvalue weighted by Gasteiger charge is -2.33. The van der Waals surface area contributed by atoms with E-state index in [-0.39, 0.29) is 11.7 Å². The van der Waals surface area contributed by atoms with Gasteiger partial charge in [0.25, 0.3) is 5.91 Å². The summed E-state index contributed by atoms with van der Waals surface area (Å²) < 4.78 is 12.9. The number of hydrogen-bond acceptors (Lipinski definition) is 2. The molecule has 0 aliphatic carbocycles. The molecule has 19 heavy (non-hydrogen) atoms. The van der Waals surface area contributed by atoms with Crippen molar-refractivity contribution in [1.82, 2.24) is 4.90 Å². The number of halogens is 1. The van der Waals surface area contributed by atoms with Gasteiger partial charge in [-0.25, -0.2) is 4.39 Å². The van der Waals surface area contributed by atoms with Crippen LogP contribution >= 0.6 is 0 Å². The SMILES string of the molecule is CN(C)C(=O)C[NH+]1CCN(c2ccc(F)cc2)CC1. The van der Waals surface area contributed by atoms with Crippen LogP contribution in [-0.4, -0.2) is 57.6 Å². The molecule has 0 spiro atoms. The molecule has 0 aromatic heterocycles. The summed E-state index contributed by atoms with van der Waals surface area (Å²) in [6, 6.07) is 6.60. The predicted molar refractivity (Wildman–Crippen MR) is 72.9 cm³/mol. The second kappa shape index (κ2) is 6.02. The van der Waals surface area contributed by atoms with Gasteiger partial charge in [-0.3, -0.25) is 4.79 Å². The number of nitrogens with zero attached hydrogens (tertiary/aromatic N) is 2. The van der Waals surface area contributed by atoms with Crippen LogP contribution in [0.5, 0.6) is 0 Å². The van der Waals surface area contributed by atoms with Crippen molar-refractivity contribution >= 4 is 11.6 Å². The van der Waals surface area contributed by atoms with Crippen LogP contribution in [0.25, 0.3) is 0 Å². The number of amides is 1. The van der Waals surface area contributed by atoms with Gasteiger partial charge in [0.05, 0.1) is 26.2 Å². The highest BCUT2D eigenvalue weighted by Gasteiger charge is 2.22. The Balaban J connectivity index is 1.85. The molecule has 1 amide bonds. The zero-order valence-corrected chi connectivity index (χ0v) is 11.5. The second-order valence-corrected chi connectivity index (χ2v) is 5.18. The third kappa shape index (κ3) is 3.67. The molecule has 1 aromatic rings. The number of rotatable bonds is 3. The van der Waals surface area contributed by atoms with Crippen molar-refractivity contribution in [3.05, 3.63) is 30.1 Å². The van der Waals surface area contributed by atoms with Crippen molar-refractivity contribution in [2.24, 2.45) is 0 Å². The Morgan fingerprint density at radius 2 is 1.84 bits per heavy atom. The van der Waals surface area contributed by atoms with Crippen molar-refractivity contribution in [1.29, 1.82) is 0 Å². The van der Waals surface area contributed by atoms with Crippen LogP contribution in [0.2, 0.25) is 0 Å². The van der Waals surface area contributed by atoms with Crippen LogP contribution in [0.4, 0.5) is 10.1 Å². The number of nitrogens with one attached hydrogen (secondary N) is 1. The first-order chi connectivity index (χ1) is 9.06. The molecule has 1 saturated heterocycles. The molecule has 0 bridgehead atoms. The number of carbonyl (C=O) groups is 1. The lowest BCUT2D eigenvalue weighted by atomic mass is 10.2. The molecule has 1 aliphatic rings. The van der Waals surface area contributed by atoms with E-state index in [0.29, 0.717) is 6.54 Å². The maximum Gasteiger partial charge on any atom is 0.277 e. The molecular formula is C14H21FN3O+. The van der Waals surface area contributed by atoms with E-state index in [2.05, 4.69) is 4.90 Å². The molecule has 5 heteroatoms. The summed E-state index contributed by atoms with van der Waals surface area (Å²) >= 11 is 0. The van der Waals surface area contributed by atoms with Crippen LogP contribution in [-0.2, 0) is 4.79 Å². The minimum absolute atomic E-state index is 0.172. The number of quaternary nitrogens is 1. The summed E-state index contributed by atoms with van der Waals surface area (Å²) in [5, 5.41) is 0. The highest BCUT2D eigenvalue weighted by molar-refractivity contribution is 5.76. The summed E-state index contributed by atoms with van der Waals surface area (Å²) in [5.41, 5.74) is 1.05. The summed E-state index contributed by atoms with van der Waals surface area (Å²) in [6.45, 7) is 4.25. The van der Waals surface area contributed by atoms with E-state index in [4.69, 9.17) is 0 Å². The lowest BCUT2D eigenvalue weighted by molar-refractivity contribution is -0.892. The van der Waals surface area contributed by atoms with Gasteiger partial charge in [0.1, 0.15) is 5.82 Å². The van der Waals surface area contributed by atoms with Gasteiger partial charge in [0.2, 0.25) is 0 Å². The molecule has 1 aromatic carbocycles. The van der Waals surface area contributed by atoms with Gasteiger partial charge in [-0.15, -0.1) is 0 Å². The summed E-state index contributed by atoms with van der Waals surface area (Å²) in [6.07, 6.45) is 0. The Bertz CT molecular complexity index is 425. The Hall–Kier alpha value is -1.62. The maximum atomic E-state index is 12.9. The predicted octanol–water partition coefficient (Wildman–Crippen LogP) is -0.381. The number of anilines is 1.